The molecule has 3 N–H and O–H groups in total. The highest BCUT2D eigenvalue weighted by Crippen LogP contribution is 2.32. The van der Waals surface area contributed by atoms with Crippen LogP contribution in [0.4, 0.5) is 21.5 Å². The number of nitrogens with zero attached hydrogens (tertiary/aromatic N) is 2. The summed E-state index contributed by atoms with van der Waals surface area (Å²) in [5, 5.41) is 2.78. The maximum atomic E-state index is 14.5. The fourth-order valence-corrected chi connectivity index (χ4v) is 3.48. The highest BCUT2D eigenvalue weighted by Gasteiger charge is 2.26. The molecule has 7 heteroatoms. The second-order valence-corrected chi connectivity index (χ2v) is 7.04. The summed E-state index contributed by atoms with van der Waals surface area (Å²) in [7, 11) is 0. The van der Waals surface area contributed by atoms with Crippen molar-refractivity contribution in [2.45, 2.75) is 19.6 Å². The summed E-state index contributed by atoms with van der Waals surface area (Å²) in [6, 6.07) is 10.9. The molecule has 142 valence electrons. The number of nitrogens with two attached hydrogens (primary N) is 1. The number of nitrogens with one attached hydrogen (secondary N) is 1. The summed E-state index contributed by atoms with van der Waals surface area (Å²) in [6.07, 6.45) is -0.607. The molecule has 2 aliphatic rings. The first-order chi connectivity index (χ1) is 13.0. The van der Waals surface area contributed by atoms with Gasteiger partial charge in [-0.3, -0.25) is 9.69 Å². The Labute approximate surface area is 157 Å². The highest BCUT2D eigenvalue weighted by molar-refractivity contribution is 5.97. The number of anilines is 3. The summed E-state index contributed by atoms with van der Waals surface area (Å²) in [5.41, 5.74) is 8.75. The van der Waals surface area contributed by atoms with E-state index in [0.717, 1.165) is 37.6 Å². The van der Waals surface area contributed by atoms with Crippen molar-refractivity contribution in [3.8, 4) is 5.75 Å². The molecule has 0 spiro atoms. The minimum absolute atomic E-state index is 0.211. The van der Waals surface area contributed by atoms with Crippen molar-refractivity contribution < 1.29 is 13.9 Å². The van der Waals surface area contributed by atoms with Gasteiger partial charge in [-0.2, -0.15) is 0 Å². The molecule has 2 heterocycles. The van der Waals surface area contributed by atoms with Crippen LogP contribution in [0.3, 0.4) is 0 Å². The maximum absolute atomic E-state index is 14.5. The number of fused-ring (bicyclic) bond motifs is 1. The molecule has 1 fully saturated rings. The minimum atomic E-state index is -0.607. The second kappa shape index (κ2) is 7.08. The van der Waals surface area contributed by atoms with Crippen LogP contribution in [0.5, 0.6) is 5.75 Å². The first-order valence-corrected chi connectivity index (χ1v) is 9.12. The van der Waals surface area contributed by atoms with Crippen LogP contribution >= 0.6 is 0 Å². The number of piperazine rings is 1. The number of hydrogen-bond donors (Lipinski definition) is 2. The Hall–Kier alpha value is -2.80. The van der Waals surface area contributed by atoms with E-state index in [1.807, 2.05) is 24.3 Å². The molecule has 2 aliphatic heterocycles. The van der Waals surface area contributed by atoms with Crippen molar-refractivity contribution >= 4 is 23.0 Å². The number of nitrogen functional groups attached to an aromatic ring is 1. The summed E-state index contributed by atoms with van der Waals surface area (Å²) < 4.78 is 20.0. The number of halogens is 1. The van der Waals surface area contributed by atoms with Gasteiger partial charge in [-0.25, -0.2) is 4.39 Å². The van der Waals surface area contributed by atoms with Crippen molar-refractivity contribution in [3.63, 3.8) is 0 Å². The van der Waals surface area contributed by atoms with E-state index < -0.39 is 6.10 Å². The van der Waals surface area contributed by atoms with E-state index >= 15 is 0 Å². The largest absolute Gasteiger partial charge is 0.479 e. The highest BCUT2D eigenvalue weighted by atomic mass is 19.1. The Morgan fingerprint density at radius 1 is 1.19 bits per heavy atom. The van der Waals surface area contributed by atoms with Crippen LogP contribution in [-0.2, 0) is 11.3 Å². The van der Waals surface area contributed by atoms with Gasteiger partial charge >= 0.3 is 0 Å². The summed E-state index contributed by atoms with van der Waals surface area (Å²) in [4.78, 5) is 16.3. The average molecular weight is 370 g/mol. The van der Waals surface area contributed by atoms with Crippen LogP contribution < -0.4 is 20.7 Å². The predicted molar refractivity (Wildman–Crippen MR) is 103 cm³/mol. The van der Waals surface area contributed by atoms with Gasteiger partial charge in [0.15, 0.2) is 6.10 Å². The van der Waals surface area contributed by atoms with Crippen LogP contribution in [0, 0.1) is 5.82 Å². The molecule has 1 unspecified atom stereocenters. The monoisotopic (exact) mass is 370 g/mol. The number of ether oxygens (including phenoxy) is 1. The van der Waals surface area contributed by atoms with Gasteiger partial charge in [-0.05, 0) is 37.3 Å². The van der Waals surface area contributed by atoms with Crippen LogP contribution in [0.15, 0.2) is 36.4 Å². The molecule has 0 aromatic heterocycles. The van der Waals surface area contributed by atoms with Crippen molar-refractivity contribution in [3.05, 3.63) is 47.8 Å². The minimum Gasteiger partial charge on any atom is -0.479 e. The molecule has 27 heavy (non-hydrogen) atoms. The fourth-order valence-electron chi connectivity index (χ4n) is 3.48. The molecular formula is C20H23FN4O2. The smallest absolute Gasteiger partial charge is 0.265 e. The molecule has 1 amide bonds. The van der Waals surface area contributed by atoms with Crippen LogP contribution in [0.1, 0.15) is 12.5 Å². The lowest BCUT2D eigenvalue weighted by molar-refractivity contribution is -0.122. The van der Waals surface area contributed by atoms with E-state index in [-0.39, 0.29) is 11.7 Å². The van der Waals surface area contributed by atoms with E-state index in [9.17, 15) is 9.18 Å². The Bertz CT molecular complexity index is 848. The van der Waals surface area contributed by atoms with Crippen molar-refractivity contribution in [2.24, 2.45) is 0 Å². The molecule has 2 aromatic rings. The summed E-state index contributed by atoms with van der Waals surface area (Å²) >= 11 is 0. The maximum Gasteiger partial charge on any atom is 0.265 e. The third-order valence-corrected chi connectivity index (χ3v) is 5.10. The first kappa shape index (κ1) is 17.6. The standard InChI is InChI=1S/C20H23FN4O2/c1-13-20(26)23-18-10-14(17(21)11-19(18)27-13)12-24-6-8-25(9-7-24)16-4-2-15(22)3-5-16/h2-5,10-11,13H,6-9,12,22H2,1H3,(H,23,26). The lowest BCUT2D eigenvalue weighted by Gasteiger charge is -2.36. The van der Waals surface area contributed by atoms with Crippen LogP contribution in [-0.4, -0.2) is 43.1 Å². The fraction of sp³-hybridized carbons (Fsp3) is 0.350. The summed E-state index contributed by atoms with van der Waals surface area (Å²) in [6.45, 7) is 5.55. The van der Waals surface area contributed by atoms with Crippen molar-refractivity contribution in [1.29, 1.82) is 0 Å². The quantitative estimate of drug-likeness (QED) is 0.812. The van der Waals surface area contributed by atoms with E-state index in [4.69, 9.17) is 10.5 Å². The average Bonchev–Trinajstić information content (AvgIpc) is 2.65. The zero-order valence-electron chi connectivity index (χ0n) is 15.2. The molecule has 2 aromatic carbocycles. The van der Waals surface area contributed by atoms with Gasteiger partial charge < -0.3 is 20.7 Å². The van der Waals surface area contributed by atoms with E-state index in [0.29, 0.717) is 23.5 Å². The second-order valence-electron chi connectivity index (χ2n) is 7.04. The van der Waals surface area contributed by atoms with Gasteiger partial charge in [-0.15, -0.1) is 0 Å². The SMILES string of the molecule is CC1Oc2cc(F)c(CN3CCN(c4ccc(N)cc4)CC3)cc2NC1=O. The Balaban J connectivity index is 1.41. The molecule has 1 atom stereocenters. The van der Waals surface area contributed by atoms with Gasteiger partial charge in [0.2, 0.25) is 0 Å². The molecule has 0 saturated carbocycles. The molecule has 4 rings (SSSR count). The Morgan fingerprint density at radius 2 is 1.89 bits per heavy atom. The summed E-state index contributed by atoms with van der Waals surface area (Å²) in [5.74, 6) is -0.133. The van der Waals surface area contributed by atoms with Crippen molar-refractivity contribution in [1.82, 2.24) is 4.90 Å². The Morgan fingerprint density at radius 3 is 2.59 bits per heavy atom. The van der Waals surface area contributed by atoms with Gasteiger partial charge in [0.05, 0.1) is 5.69 Å². The lowest BCUT2D eigenvalue weighted by Crippen LogP contribution is -2.46. The number of amides is 1. The van der Waals surface area contributed by atoms with E-state index in [1.165, 1.54) is 6.07 Å². The molecule has 0 bridgehead atoms. The van der Waals surface area contributed by atoms with Gasteiger partial charge in [-0.1, -0.05) is 0 Å². The Kier molecular flexibility index (Phi) is 4.61. The number of carbonyl (C=O) groups excluding carboxylic acids is 1. The number of rotatable bonds is 3. The number of benzene rings is 2. The predicted octanol–water partition coefficient (Wildman–Crippen LogP) is 2.45. The molecule has 0 radical (unpaired) electrons. The van der Waals surface area contributed by atoms with Gasteiger partial charge in [0.1, 0.15) is 11.6 Å². The normalized spacial score (nSPS) is 20.0. The number of hydrogen-bond acceptors (Lipinski definition) is 5. The molecule has 1 saturated heterocycles. The van der Waals surface area contributed by atoms with Gasteiger partial charge in [0.25, 0.3) is 5.91 Å². The third kappa shape index (κ3) is 3.68. The number of carbonyl (C=O) groups is 1. The topological polar surface area (TPSA) is 70.8 Å². The molecule has 6 nitrogen and oxygen atoms in total. The zero-order valence-corrected chi connectivity index (χ0v) is 15.2. The first-order valence-electron chi connectivity index (χ1n) is 9.12. The zero-order chi connectivity index (χ0) is 19.0. The van der Waals surface area contributed by atoms with Crippen LogP contribution in [0.25, 0.3) is 0 Å². The third-order valence-electron chi connectivity index (χ3n) is 5.10. The lowest BCUT2D eigenvalue weighted by atomic mass is 10.1. The van der Waals surface area contributed by atoms with Gasteiger partial charge in [0, 0.05) is 55.7 Å². The van der Waals surface area contributed by atoms with Crippen molar-refractivity contribution in [2.75, 3.05) is 42.1 Å². The van der Waals surface area contributed by atoms with Crippen LogP contribution in [0.2, 0.25) is 0 Å². The molecule has 0 aliphatic carbocycles. The van der Waals surface area contributed by atoms with E-state index in [1.54, 1.807) is 13.0 Å². The van der Waals surface area contributed by atoms with E-state index in [2.05, 4.69) is 15.1 Å². The molecular weight excluding hydrogens is 347 g/mol.